The van der Waals surface area contributed by atoms with E-state index in [0.717, 1.165) is 31.1 Å². The number of halogens is 2. The van der Waals surface area contributed by atoms with Crippen LogP contribution < -0.4 is 0 Å². The van der Waals surface area contributed by atoms with Crippen LogP contribution in [0.15, 0.2) is 18.2 Å². The van der Waals surface area contributed by atoms with Gasteiger partial charge in [0.25, 0.3) is 0 Å². The van der Waals surface area contributed by atoms with Gasteiger partial charge in [-0.25, -0.2) is 4.39 Å². The smallest absolute Gasteiger partial charge is 0.124 e. The predicted octanol–water partition coefficient (Wildman–Crippen LogP) is 3.01. The van der Waals surface area contributed by atoms with E-state index < -0.39 is 0 Å². The molecule has 0 saturated carbocycles. The molecule has 3 aliphatic rings. The van der Waals surface area contributed by atoms with E-state index in [1.54, 1.807) is 0 Å². The lowest BCUT2D eigenvalue weighted by molar-refractivity contribution is 0.124. The van der Waals surface area contributed by atoms with Gasteiger partial charge in [-0.3, -0.25) is 4.90 Å². The van der Waals surface area contributed by atoms with Gasteiger partial charge in [-0.05, 0) is 43.5 Å². The molecule has 19 heavy (non-hydrogen) atoms. The van der Waals surface area contributed by atoms with Crippen molar-refractivity contribution in [1.29, 1.82) is 0 Å². The van der Waals surface area contributed by atoms with Crippen molar-refractivity contribution in [2.24, 2.45) is 5.92 Å². The molecule has 0 amide bonds. The molecule has 4 heteroatoms. The molecule has 0 unspecified atom stereocenters. The van der Waals surface area contributed by atoms with E-state index >= 15 is 0 Å². The lowest BCUT2D eigenvalue weighted by Crippen LogP contribution is -2.43. The van der Waals surface area contributed by atoms with Gasteiger partial charge >= 0.3 is 0 Å². The fraction of sp³-hybridized carbons (Fsp3) is 0.600. The van der Waals surface area contributed by atoms with Crippen molar-refractivity contribution in [2.45, 2.75) is 25.4 Å². The molecule has 0 aromatic heterocycles. The molecular weight excluding hydrogens is 263 g/mol. The van der Waals surface area contributed by atoms with Gasteiger partial charge in [0.15, 0.2) is 0 Å². The zero-order valence-corrected chi connectivity index (χ0v) is 12.0. The Kier molecular flexibility index (Phi) is 3.79. The Bertz CT molecular complexity index is 465. The van der Waals surface area contributed by atoms with Crippen molar-refractivity contribution in [3.8, 4) is 0 Å². The molecule has 2 atom stereocenters. The van der Waals surface area contributed by atoms with E-state index in [1.165, 1.54) is 31.5 Å². The molecule has 104 valence electrons. The maximum Gasteiger partial charge on any atom is 0.124 e. The SMILES string of the molecule is CN1C[C@H]2CC[C@@H](C1)N(Cc1ccc(F)cc1Cl)C2. The molecule has 2 nitrogen and oxygen atoms in total. The average molecular weight is 283 g/mol. The molecule has 0 radical (unpaired) electrons. The largest absolute Gasteiger partial charge is 0.304 e. The van der Waals surface area contributed by atoms with Crippen molar-refractivity contribution >= 4 is 11.6 Å². The third-order valence-electron chi connectivity index (χ3n) is 4.40. The van der Waals surface area contributed by atoms with Crippen molar-refractivity contribution < 1.29 is 4.39 Å². The maximum absolute atomic E-state index is 13.1. The Hall–Kier alpha value is -0.640. The van der Waals surface area contributed by atoms with Gasteiger partial charge in [0.2, 0.25) is 0 Å². The Balaban J connectivity index is 1.76. The third-order valence-corrected chi connectivity index (χ3v) is 4.75. The van der Waals surface area contributed by atoms with E-state index in [4.69, 9.17) is 11.6 Å². The van der Waals surface area contributed by atoms with Crippen LogP contribution in [0.3, 0.4) is 0 Å². The van der Waals surface area contributed by atoms with Crippen LogP contribution in [0.4, 0.5) is 4.39 Å². The van der Waals surface area contributed by atoms with Crippen molar-refractivity contribution in [2.75, 3.05) is 26.7 Å². The fourth-order valence-electron chi connectivity index (χ4n) is 3.48. The Morgan fingerprint density at radius 3 is 2.89 bits per heavy atom. The molecule has 1 aromatic rings. The number of piperidine rings is 1. The highest BCUT2D eigenvalue weighted by Gasteiger charge is 2.33. The number of benzene rings is 1. The van der Waals surface area contributed by atoms with Gasteiger partial charge in [-0.1, -0.05) is 17.7 Å². The van der Waals surface area contributed by atoms with Crippen LogP contribution in [-0.4, -0.2) is 42.5 Å². The number of rotatable bonds is 2. The molecule has 3 fully saturated rings. The first-order valence-corrected chi connectivity index (χ1v) is 7.36. The molecule has 0 aliphatic carbocycles. The first kappa shape index (κ1) is 13.3. The van der Waals surface area contributed by atoms with Crippen LogP contribution in [0.25, 0.3) is 0 Å². The number of nitrogens with zero attached hydrogens (tertiary/aromatic N) is 2. The van der Waals surface area contributed by atoms with Crippen LogP contribution >= 0.6 is 11.6 Å². The van der Waals surface area contributed by atoms with Crippen LogP contribution in [-0.2, 0) is 6.54 Å². The summed E-state index contributed by atoms with van der Waals surface area (Å²) in [5, 5.41) is 0.550. The fourth-order valence-corrected chi connectivity index (χ4v) is 3.70. The minimum absolute atomic E-state index is 0.258. The molecule has 3 aliphatic heterocycles. The second kappa shape index (κ2) is 5.39. The standard InChI is InChI=1S/C15H20ClFN2/c1-18-7-11-2-5-14(10-18)19(8-11)9-12-3-4-13(17)6-15(12)16/h3-4,6,11,14H,2,5,7-10H2,1H3/t11-,14+/m1/s1. The van der Waals surface area contributed by atoms with E-state index in [2.05, 4.69) is 16.8 Å². The van der Waals surface area contributed by atoms with Crippen molar-refractivity contribution in [3.63, 3.8) is 0 Å². The summed E-state index contributed by atoms with van der Waals surface area (Å²) in [6.07, 6.45) is 2.61. The molecule has 0 spiro atoms. The summed E-state index contributed by atoms with van der Waals surface area (Å²) in [6, 6.07) is 5.35. The average Bonchev–Trinajstić information content (AvgIpc) is 2.61. The van der Waals surface area contributed by atoms with Crippen LogP contribution in [0.5, 0.6) is 0 Å². The molecule has 4 rings (SSSR count). The van der Waals surface area contributed by atoms with Gasteiger partial charge in [-0.15, -0.1) is 0 Å². The lowest BCUT2D eigenvalue weighted by atomic mass is 9.94. The summed E-state index contributed by atoms with van der Waals surface area (Å²) >= 11 is 6.14. The van der Waals surface area contributed by atoms with Crippen LogP contribution in [0.1, 0.15) is 18.4 Å². The van der Waals surface area contributed by atoms with E-state index in [1.807, 2.05) is 6.07 Å². The minimum atomic E-state index is -0.258. The van der Waals surface area contributed by atoms with Crippen LogP contribution in [0.2, 0.25) is 5.02 Å². The Morgan fingerprint density at radius 1 is 1.26 bits per heavy atom. The molecule has 3 saturated heterocycles. The number of likely N-dealkylation sites (N-methyl/N-ethyl adjacent to an activating group) is 1. The van der Waals surface area contributed by atoms with Gasteiger partial charge in [-0.2, -0.15) is 0 Å². The summed E-state index contributed by atoms with van der Waals surface area (Å²) in [7, 11) is 2.21. The maximum atomic E-state index is 13.1. The second-order valence-electron chi connectivity index (χ2n) is 5.98. The Labute approximate surface area is 119 Å². The second-order valence-corrected chi connectivity index (χ2v) is 6.39. The quantitative estimate of drug-likeness (QED) is 0.823. The zero-order valence-electron chi connectivity index (χ0n) is 11.3. The van der Waals surface area contributed by atoms with Gasteiger partial charge in [0, 0.05) is 37.2 Å². The van der Waals surface area contributed by atoms with Crippen molar-refractivity contribution in [1.82, 2.24) is 9.80 Å². The summed E-state index contributed by atoms with van der Waals surface area (Å²) in [5.41, 5.74) is 1.04. The van der Waals surface area contributed by atoms with E-state index in [-0.39, 0.29) is 5.82 Å². The lowest BCUT2D eigenvalue weighted by Gasteiger charge is -2.36. The number of fused-ring (bicyclic) bond motifs is 4. The van der Waals surface area contributed by atoms with Gasteiger partial charge in [0.1, 0.15) is 5.82 Å². The minimum Gasteiger partial charge on any atom is -0.304 e. The first-order valence-electron chi connectivity index (χ1n) is 6.98. The highest BCUT2D eigenvalue weighted by Crippen LogP contribution is 2.30. The van der Waals surface area contributed by atoms with Gasteiger partial charge in [0.05, 0.1) is 0 Å². The number of hydrogen-bond acceptors (Lipinski definition) is 2. The summed E-state index contributed by atoms with van der Waals surface area (Å²) in [5.74, 6) is 0.508. The van der Waals surface area contributed by atoms with E-state index in [9.17, 15) is 4.39 Å². The predicted molar refractivity (Wildman–Crippen MR) is 75.8 cm³/mol. The summed E-state index contributed by atoms with van der Waals surface area (Å²) in [6.45, 7) is 4.32. The topological polar surface area (TPSA) is 6.48 Å². The first-order chi connectivity index (χ1) is 9.11. The Morgan fingerprint density at radius 2 is 2.11 bits per heavy atom. The van der Waals surface area contributed by atoms with Crippen molar-refractivity contribution in [3.05, 3.63) is 34.6 Å². The molecule has 1 aromatic carbocycles. The highest BCUT2D eigenvalue weighted by molar-refractivity contribution is 6.31. The van der Waals surface area contributed by atoms with Gasteiger partial charge < -0.3 is 4.90 Å². The summed E-state index contributed by atoms with van der Waals surface area (Å²) in [4.78, 5) is 4.96. The number of hydrogen-bond donors (Lipinski definition) is 0. The van der Waals surface area contributed by atoms with Crippen LogP contribution in [0, 0.1) is 11.7 Å². The molecule has 0 N–H and O–H groups in total. The molecule has 2 bridgehead atoms. The molecular formula is C15H20ClFN2. The highest BCUT2D eigenvalue weighted by atomic mass is 35.5. The van der Waals surface area contributed by atoms with E-state index in [0.29, 0.717) is 11.1 Å². The molecule has 3 heterocycles. The zero-order chi connectivity index (χ0) is 13.4. The summed E-state index contributed by atoms with van der Waals surface area (Å²) < 4.78 is 13.1. The third kappa shape index (κ3) is 2.93. The normalized spacial score (nSPS) is 28.6. The monoisotopic (exact) mass is 282 g/mol.